The molecule has 0 radical (unpaired) electrons. The Labute approximate surface area is 74.5 Å². The summed E-state index contributed by atoms with van der Waals surface area (Å²) in [5.41, 5.74) is 4.91. The zero-order chi connectivity index (χ0) is 9.19. The summed E-state index contributed by atoms with van der Waals surface area (Å²) < 4.78 is 0. The minimum absolute atomic E-state index is 0.402. The van der Waals surface area contributed by atoms with Crippen molar-refractivity contribution < 1.29 is 5.11 Å². The van der Waals surface area contributed by atoms with Gasteiger partial charge in [0.15, 0.2) is 0 Å². The molecule has 0 aromatic heterocycles. The molecule has 1 saturated heterocycles. The summed E-state index contributed by atoms with van der Waals surface area (Å²) in [7, 11) is 0. The van der Waals surface area contributed by atoms with Crippen molar-refractivity contribution in [3.8, 4) is 0 Å². The van der Waals surface area contributed by atoms with Gasteiger partial charge in [0.05, 0.1) is 5.60 Å². The Morgan fingerprint density at radius 3 is 2.25 bits per heavy atom. The van der Waals surface area contributed by atoms with Gasteiger partial charge in [0.1, 0.15) is 0 Å². The van der Waals surface area contributed by atoms with Crippen LogP contribution in [0, 0.1) is 0 Å². The van der Waals surface area contributed by atoms with Crippen molar-refractivity contribution in [2.75, 3.05) is 19.6 Å². The van der Waals surface area contributed by atoms with E-state index >= 15 is 0 Å². The van der Waals surface area contributed by atoms with Crippen molar-refractivity contribution in [3.05, 3.63) is 0 Å². The van der Waals surface area contributed by atoms with Gasteiger partial charge in [-0.15, -0.1) is 0 Å². The number of nitrogens with two attached hydrogens (primary N) is 1. The number of hydrogen-bond acceptors (Lipinski definition) is 3. The number of likely N-dealkylation sites (tertiary alicyclic amines) is 1. The lowest BCUT2D eigenvalue weighted by molar-refractivity contribution is -0.0202. The van der Waals surface area contributed by atoms with Gasteiger partial charge in [-0.3, -0.25) is 0 Å². The van der Waals surface area contributed by atoms with E-state index in [1.54, 1.807) is 0 Å². The summed E-state index contributed by atoms with van der Waals surface area (Å²) in [6.07, 6.45) is 1.64. The first kappa shape index (κ1) is 9.96. The monoisotopic (exact) mass is 172 g/mol. The normalized spacial score (nSPS) is 24.8. The Morgan fingerprint density at radius 2 is 1.92 bits per heavy atom. The van der Waals surface area contributed by atoms with E-state index in [1.165, 1.54) is 0 Å². The number of nitrogens with zero attached hydrogens (tertiary/aromatic N) is 1. The van der Waals surface area contributed by atoms with Gasteiger partial charge in [-0.2, -0.15) is 0 Å². The maximum atomic E-state index is 9.83. The summed E-state index contributed by atoms with van der Waals surface area (Å²) in [5.74, 6) is 0. The maximum absolute atomic E-state index is 9.83. The second-order valence-corrected chi connectivity index (χ2v) is 4.06. The molecule has 0 aromatic carbocycles. The highest BCUT2D eigenvalue weighted by atomic mass is 16.3. The maximum Gasteiger partial charge on any atom is 0.0793 e. The van der Waals surface area contributed by atoms with Gasteiger partial charge in [0, 0.05) is 25.7 Å². The van der Waals surface area contributed by atoms with Crippen molar-refractivity contribution >= 4 is 0 Å². The van der Waals surface area contributed by atoms with Crippen molar-refractivity contribution in [1.29, 1.82) is 0 Å². The molecule has 0 aromatic rings. The zero-order valence-corrected chi connectivity index (χ0v) is 8.08. The predicted octanol–water partition coefficient (Wildman–Crippen LogP) is 0.180. The molecule has 1 aliphatic heterocycles. The second-order valence-electron chi connectivity index (χ2n) is 4.06. The molecule has 72 valence electrons. The van der Waals surface area contributed by atoms with E-state index in [4.69, 9.17) is 5.73 Å². The third kappa shape index (κ3) is 2.19. The Bertz CT molecular complexity index is 139. The Morgan fingerprint density at radius 1 is 1.42 bits per heavy atom. The molecule has 0 atom stereocenters. The van der Waals surface area contributed by atoms with Crippen LogP contribution < -0.4 is 5.73 Å². The van der Waals surface area contributed by atoms with Crippen molar-refractivity contribution in [2.45, 2.75) is 38.3 Å². The van der Waals surface area contributed by atoms with Gasteiger partial charge in [-0.25, -0.2) is 0 Å². The van der Waals surface area contributed by atoms with Crippen LogP contribution in [-0.4, -0.2) is 41.3 Å². The smallest absolute Gasteiger partial charge is 0.0793 e. The molecule has 0 spiro atoms. The summed E-state index contributed by atoms with van der Waals surface area (Å²) in [6.45, 7) is 6.73. The van der Waals surface area contributed by atoms with Gasteiger partial charge < -0.3 is 15.7 Å². The first-order valence-electron chi connectivity index (χ1n) is 4.74. The van der Waals surface area contributed by atoms with Crippen LogP contribution in [0.15, 0.2) is 0 Å². The molecule has 0 bridgehead atoms. The van der Waals surface area contributed by atoms with Crippen molar-refractivity contribution in [2.24, 2.45) is 5.73 Å². The lowest BCUT2D eigenvalue weighted by atomic mass is 9.91. The molecule has 3 N–H and O–H groups in total. The van der Waals surface area contributed by atoms with Crippen LogP contribution in [0.3, 0.4) is 0 Å². The van der Waals surface area contributed by atoms with Crippen LogP contribution in [-0.2, 0) is 0 Å². The molecule has 1 heterocycles. The highest BCUT2D eigenvalue weighted by Crippen LogP contribution is 2.21. The first-order valence-corrected chi connectivity index (χ1v) is 4.74. The van der Waals surface area contributed by atoms with E-state index in [0.717, 1.165) is 25.9 Å². The Hall–Kier alpha value is -0.120. The van der Waals surface area contributed by atoms with Gasteiger partial charge >= 0.3 is 0 Å². The first-order chi connectivity index (χ1) is 5.57. The number of piperidine rings is 1. The van der Waals surface area contributed by atoms with E-state index in [-0.39, 0.29) is 0 Å². The minimum Gasteiger partial charge on any atom is -0.388 e. The quantitative estimate of drug-likeness (QED) is 0.625. The highest BCUT2D eigenvalue weighted by Gasteiger charge is 2.31. The fraction of sp³-hybridized carbons (Fsp3) is 1.00. The van der Waals surface area contributed by atoms with Gasteiger partial charge in [0.25, 0.3) is 0 Å². The summed E-state index contributed by atoms with van der Waals surface area (Å²) in [5, 5.41) is 9.83. The second kappa shape index (κ2) is 3.73. The zero-order valence-electron chi connectivity index (χ0n) is 8.08. The molecule has 3 nitrogen and oxygen atoms in total. The standard InChI is InChI=1S/C9H20N2O/c1-8(2)11-5-3-9(12,7-10)4-6-11/h8,12H,3-7,10H2,1-2H3. The summed E-state index contributed by atoms with van der Waals surface area (Å²) in [6, 6.07) is 0.590. The minimum atomic E-state index is -0.578. The average molecular weight is 172 g/mol. The summed E-state index contributed by atoms with van der Waals surface area (Å²) in [4.78, 5) is 2.38. The number of hydrogen-bond donors (Lipinski definition) is 2. The molecule has 1 rings (SSSR count). The lowest BCUT2D eigenvalue weighted by Gasteiger charge is -2.39. The van der Waals surface area contributed by atoms with Gasteiger partial charge in [-0.1, -0.05) is 0 Å². The molecule has 0 amide bonds. The van der Waals surface area contributed by atoms with Crippen LogP contribution in [0.1, 0.15) is 26.7 Å². The van der Waals surface area contributed by atoms with E-state index in [0.29, 0.717) is 12.6 Å². The number of rotatable bonds is 2. The summed E-state index contributed by atoms with van der Waals surface area (Å²) >= 11 is 0. The molecule has 1 aliphatic rings. The molecule has 1 fully saturated rings. The number of aliphatic hydroxyl groups is 1. The van der Waals surface area contributed by atoms with Crippen molar-refractivity contribution in [1.82, 2.24) is 4.90 Å². The van der Waals surface area contributed by atoms with Crippen LogP contribution in [0.25, 0.3) is 0 Å². The largest absolute Gasteiger partial charge is 0.388 e. The van der Waals surface area contributed by atoms with E-state index in [1.807, 2.05) is 0 Å². The highest BCUT2D eigenvalue weighted by molar-refractivity contribution is 4.87. The van der Waals surface area contributed by atoms with Crippen molar-refractivity contribution in [3.63, 3.8) is 0 Å². The molecule has 0 saturated carbocycles. The van der Waals surface area contributed by atoms with E-state index < -0.39 is 5.60 Å². The van der Waals surface area contributed by atoms with Crippen LogP contribution in [0.4, 0.5) is 0 Å². The fourth-order valence-electron chi connectivity index (χ4n) is 1.66. The SMILES string of the molecule is CC(C)N1CCC(O)(CN)CC1. The van der Waals surface area contributed by atoms with E-state index in [9.17, 15) is 5.11 Å². The van der Waals surface area contributed by atoms with Crippen LogP contribution in [0.2, 0.25) is 0 Å². The molecule has 3 heteroatoms. The molecule has 0 unspecified atom stereocenters. The van der Waals surface area contributed by atoms with E-state index in [2.05, 4.69) is 18.7 Å². The third-order valence-corrected chi connectivity index (χ3v) is 2.84. The predicted molar refractivity (Wildman–Crippen MR) is 49.9 cm³/mol. The Kier molecular flexibility index (Phi) is 3.09. The molecular weight excluding hydrogens is 152 g/mol. The lowest BCUT2D eigenvalue weighted by Crippen LogP contribution is -2.50. The molecule has 12 heavy (non-hydrogen) atoms. The Balaban J connectivity index is 2.39. The van der Waals surface area contributed by atoms with Gasteiger partial charge in [0.2, 0.25) is 0 Å². The topological polar surface area (TPSA) is 49.5 Å². The van der Waals surface area contributed by atoms with Gasteiger partial charge in [-0.05, 0) is 26.7 Å². The van der Waals surface area contributed by atoms with Crippen LogP contribution in [0.5, 0.6) is 0 Å². The molecular formula is C9H20N2O. The third-order valence-electron chi connectivity index (χ3n) is 2.84. The fourth-order valence-corrected chi connectivity index (χ4v) is 1.66. The average Bonchev–Trinajstić information content (AvgIpc) is 2.05. The molecule has 0 aliphatic carbocycles. The van der Waals surface area contributed by atoms with Crippen LogP contribution >= 0.6 is 0 Å².